The van der Waals surface area contributed by atoms with Gasteiger partial charge in [0.05, 0.1) is 11.1 Å². The summed E-state index contributed by atoms with van der Waals surface area (Å²) >= 11 is 1.29. The Labute approximate surface area is 205 Å². The number of allylic oxidation sites excluding steroid dienone is 5. The Morgan fingerprint density at radius 1 is 1.11 bits per heavy atom. The van der Waals surface area contributed by atoms with Gasteiger partial charge in [0, 0.05) is 28.5 Å². The first-order valence-electron chi connectivity index (χ1n) is 11.2. The van der Waals surface area contributed by atoms with Crippen molar-refractivity contribution in [1.29, 1.82) is 0 Å². The molecular weight excluding hydrogens is 492 g/mol. The van der Waals surface area contributed by atoms with E-state index < -0.39 is 26.6 Å². The van der Waals surface area contributed by atoms with Crippen molar-refractivity contribution >= 4 is 44.3 Å². The molecule has 2 heterocycles. The van der Waals surface area contributed by atoms with Crippen molar-refractivity contribution in [2.45, 2.75) is 47.9 Å². The average Bonchev–Trinajstić information content (AvgIpc) is 3.43. The monoisotopic (exact) mass is 515 g/mol. The number of rotatable bonds is 6. The van der Waals surface area contributed by atoms with Gasteiger partial charge in [-0.15, -0.1) is 0 Å². The van der Waals surface area contributed by atoms with E-state index in [0.717, 1.165) is 42.3 Å². The van der Waals surface area contributed by atoms with Crippen molar-refractivity contribution in [3.63, 3.8) is 0 Å². The summed E-state index contributed by atoms with van der Waals surface area (Å²) in [6.07, 6.45) is 11.1. The maximum Gasteiger partial charge on any atom is 0.267 e. The lowest BCUT2D eigenvalue weighted by Crippen LogP contribution is -2.17. The van der Waals surface area contributed by atoms with Crippen LogP contribution in [-0.4, -0.2) is 23.0 Å². The highest BCUT2D eigenvalue weighted by molar-refractivity contribution is 8.00. The highest BCUT2D eigenvalue weighted by atomic mass is 32.2. The largest absolute Gasteiger partial charge is 0.383 e. The first kappa shape index (κ1) is 23.6. The zero-order chi connectivity index (χ0) is 24.6. The normalized spacial score (nSPS) is 17.1. The number of hydrogen-bond acceptors (Lipinski definition) is 6. The second-order valence-electron chi connectivity index (χ2n) is 8.38. The van der Waals surface area contributed by atoms with Crippen LogP contribution in [-0.2, 0) is 10.0 Å². The topological polar surface area (TPSA) is 103 Å². The second-order valence-corrected chi connectivity index (χ2v) is 11.1. The standard InChI is InChI=1S/C24H23F2N5O2S2/c25-16-9-3-4-10-17(26)22(16)35(32,33)30-18-11-5-6-12-19(18)34-20-13-31(15-7-1-2-8-15)24-21(20)23(27)28-14-29-24/h3-6,9,11-15,30H,1-2,7-8,10H2,(H2,27,28,29). The number of benzene rings is 1. The van der Waals surface area contributed by atoms with Gasteiger partial charge in [-0.2, -0.15) is 0 Å². The van der Waals surface area contributed by atoms with Gasteiger partial charge in [0.2, 0.25) is 0 Å². The molecule has 0 aliphatic heterocycles. The Hall–Kier alpha value is -3.18. The number of nitrogens with zero attached hydrogens (tertiary/aromatic N) is 3. The molecule has 0 unspecified atom stereocenters. The fourth-order valence-corrected chi connectivity index (χ4v) is 6.87. The Morgan fingerprint density at radius 3 is 2.69 bits per heavy atom. The van der Waals surface area contributed by atoms with Crippen LogP contribution in [0.5, 0.6) is 0 Å². The summed E-state index contributed by atoms with van der Waals surface area (Å²) in [5.74, 6) is -1.88. The minimum absolute atomic E-state index is 0.194. The van der Waals surface area contributed by atoms with Gasteiger partial charge in [-0.05, 0) is 31.1 Å². The molecule has 0 amide bonds. The molecule has 11 heteroatoms. The van der Waals surface area contributed by atoms with Crippen LogP contribution in [0.25, 0.3) is 11.0 Å². The molecule has 0 bridgehead atoms. The van der Waals surface area contributed by atoms with Crippen molar-refractivity contribution in [2.75, 3.05) is 10.5 Å². The van der Waals surface area contributed by atoms with Gasteiger partial charge in [0.25, 0.3) is 10.0 Å². The zero-order valence-electron chi connectivity index (χ0n) is 18.6. The van der Waals surface area contributed by atoms with E-state index in [1.165, 1.54) is 30.2 Å². The number of anilines is 2. The molecule has 0 atom stereocenters. The summed E-state index contributed by atoms with van der Waals surface area (Å²) in [7, 11) is -4.53. The highest BCUT2D eigenvalue weighted by Gasteiger charge is 2.29. The minimum Gasteiger partial charge on any atom is -0.383 e. The van der Waals surface area contributed by atoms with Gasteiger partial charge >= 0.3 is 0 Å². The molecule has 1 fully saturated rings. The molecule has 35 heavy (non-hydrogen) atoms. The third-order valence-corrected chi connectivity index (χ3v) is 8.63. The molecule has 0 spiro atoms. The smallest absolute Gasteiger partial charge is 0.267 e. The molecule has 3 aromatic rings. The van der Waals surface area contributed by atoms with Crippen LogP contribution in [0.4, 0.5) is 20.3 Å². The van der Waals surface area contributed by atoms with Crippen LogP contribution in [0.15, 0.2) is 81.4 Å². The minimum atomic E-state index is -4.53. The van der Waals surface area contributed by atoms with Crippen LogP contribution in [0.1, 0.15) is 38.1 Å². The highest BCUT2D eigenvalue weighted by Crippen LogP contribution is 2.43. The van der Waals surface area contributed by atoms with E-state index in [0.29, 0.717) is 22.1 Å². The van der Waals surface area contributed by atoms with E-state index in [1.807, 2.05) is 6.20 Å². The third kappa shape index (κ3) is 4.57. The molecule has 1 saturated carbocycles. The predicted molar refractivity (Wildman–Crippen MR) is 134 cm³/mol. The van der Waals surface area contributed by atoms with E-state index in [-0.39, 0.29) is 12.1 Å². The number of fused-ring (bicyclic) bond motifs is 1. The number of para-hydroxylation sites is 1. The number of hydrogen-bond donors (Lipinski definition) is 2. The van der Waals surface area contributed by atoms with Gasteiger partial charge in [0.15, 0.2) is 4.91 Å². The summed E-state index contributed by atoms with van der Waals surface area (Å²) in [4.78, 5) is 8.93. The second kappa shape index (κ2) is 9.46. The van der Waals surface area contributed by atoms with Gasteiger partial charge in [-0.25, -0.2) is 27.2 Å². The van der Waals surface area contributed by atoms with Gasteiger partial charge in [-0.1, -0.05) is 48.9 Å². The molecule has 2 aromatic heterocycles. The summed E-state index contributed by atoms with van der Waals surface area (Å²) < 4.78 is 59.4. The number of nitrogens with two attached hydrogens (primary N) is 1. The molecule has 2 aliphatic carbocycles. The maximum absolute atomic E-state index is 14.5. The average molecular weight is 516 g/mol. The van der Waals surface area contributed by atoms with Crippen molar-refractivity contribution < 1.29 is 17.2 Å². The van der Waals surface area contributed by atoms with Crippen LogP contribution in [0.3, 0.4) is 0 Å². The van der Waals surface area contributed by atoms with E-state index in [9.17, 15) is 17.2 Å². The van der Waals surface area contributed by atoms with Crippen molar-refractivity contribution in [1.82, 2.24) is 14.5 Å². The Kier molecular flexibility index (Phi) is 6.37. The fraction of sp³-hybridized carbons (Fsp3) is 0.250. The van der Waals surface area contributed by atoms with E-state index in [2.05, 4.69) is 19.3 Å². The van der Waals surface area contributed by atoms with Crippen LogP contribution < -0.4 is 10.5 Å². The summed E-state index contributed by atoms with van der Waals surface area (Å²) in [6.45, 7) is 0. The van der Waals surface area contributed by atoms with Crippen LogP contribution in [0.2, 0.25) is 0 Å². The lowest BCUT2D eigenvalue weighted by atomic mass is 10.2. The Morgan fingerprint density at radius 2 is 1.89 bits per heavy atom. The molecule has 182 valence electrons. The first-order chi connectivity index (χ1) is 16.8. The molecule has 0 radical (unpaired) electrons. The molecule has 3 N–H and O–H groups in total. The van der Waals surface area contributed by atoms with E-state index in [4.69, 9.17) is 5.73 Å². The quantitative estimate of drug-likeness (QED) is 0.416. The molecule has 1 aromatic carbocycles. The Bertz CT molecular complexity index is 1490. The number of sulfonamides is 1. The molecule has 2 aliphatic rings. The third-order valence-electron chi connectivity index (χ3n) is 6.08. The summed E-state index contributed by atoms with van der Waals surface area (Å²) in [6, 6.07) is 6.99. The lowest BCUT2D eigenvalue weighted by molar-refractivity contribution is 0.530. The molecule has 0 saturated heterocycles. The Balaban J connectivity index is 1.53. The molecular formula is C24H23F2N5O2S2. The number of nitrogen functional groups attached to an aromatic ring is 1. The van der Waals surface area contributed by atoms with Gasteiger partial charge < -0.3 is 10.3 Å². The summed E-state index contributed by atoms with van der Waals surface area (Å²) in [5.41, 5.74) is 7.14. The SMILES string of the molecule is Nc1ncnc2c1c(Sc1ccccc1NS(=O)(=O)C1=C(F)CC=CC=C1F)cn2C1CCCC1. The van der Waals surface area contributed by atoms with Gasteiger partial charge in [-0.3, -0.25) is 4.72 Å². The zero-order valence-corrected chi connectivity index (χ0v) is 20.2. The molecule has 7 nitrogen and oxygen atoms in total. The van der Waals surface area contributed by atoms with Crippen LogP contribution >= 0.6 is 11.8 Å². The fourth-order valence-electron chi connectivity index (χ4n) is 4.46. The lowest BCUT2D eigenvalue weighted by Gasteiger charge is -2.14. The van der Waals surface area contributed by atoms with Gasteiger partial charge in [0.1, 0.15) is 29.4 Å². The molecule has 5 rings (SSSR count). The van der Waals surface area contributed by atoms with Crippen molar-refractivity contribution in [3.05, 3.63) is 71.6 Å². The number of halogens is 2. The van der Waals surface area contributed by atoms with Crippen molar-refractivity contribution in [3.8, 4) is 0 Å². The van der Waals surface area contributed by atoms with E-state index >= 15 is 0 Å². The number of aromatic nitrogens is 3. The summed E-state index contributed by atoms with van der Waals surface area (Å²) in [5, 5.41) is 0.694. The van der Waals surface area contributed by atoms with Crippen molar-refractivity contribution in [2.24, 2.45) is 0 Å². The van der Waals surface area contributed by atoms with Crippen LogP contribution in [0, 0.1) is 0 Å². The maximum atomic E-state index is 14.5. The first-order valence-corrected chi connectivity index (χ1v) is 13.5. The van der Waals surface area contributed by atoms with E-state index in [1.54, 1.807) is 24.3 Å². The predicted octanol–water partition coefficient (Wildman–Crippen LogP) is 6.02. The number of nitrogens with one attached hydrogen (secondary N) is 1.